The zero-order valence-electron chi connectivity index (χ0n) is 12.4. The van der Waals surface area contributed by atoms with Gasteiger partial charge in [0.2, 0.25) is 0 Å². The summed E-state index contributed by atoms with van der Waals surface area (Å²) < 4.78 is 5.72. The molecule has 1 N–H and O–H groups in total. The summed E-state index contributed by atoms with van der Waals surface area (Å²) >= 11 is 4.93. The summed E-state index contributed by atoms with van der Waals surface area (Å²) in [5.41, 5.74) is 1.26. The van der Waals surface area contributed by atoms with Gasteiger partial charge in [-0.15, -0.1) is 0 Å². The number of carboxylic acids is 1. The van der Waals surface area contributed by atoms with Crippen molar-refractivity contribution in [1.82, 2.24) is 0 Å². The first kappa shape index (κ1) is 17.6. The molecule has 0 spiro atoms. The Morgan fingerprint density at radius 3 is 2.35 bits per heavy atom. The number of halogens is 1. The molecule has 0 heterocycles. The maximum Gasteiger partial charge on any atom is 0.338 e. The van der Waals surface area contributed by atoms with Crippen LogP contribution in [0.2, 0.25) is 0 Å². The van der Waals surface area contributed by atoms with Crippen LogP contribution in [0.25, 0.3) is 0 Å². The van der Waals surface area contributed by atoms with Gasteiger partial charge in [0.25, 0.3) is 0 Å². The summed E-state index contributed by atoms with van der Waals surface area (Å²) in [4.78, 5) is 24.3. The predicted molar refractivity (Wildman–Crippen MR) is 92.0 cm³/mol. The maximum atomic E-state index is 11.6. The average molecular weight is 395 g/mol. The van der Waals surface area contributed by atoms with Crippen molar-refractivity contribution >= 4 is 39.6 Å². The van der Waals surface area contributed by atoms with Crippen LogP contribution in [0, 0.1) is 0 Å². The molecule has 0 aromatic heterocycles. The minimum absolute atomic E-state index is 0.0141. The highest BCUT2D eigenvalue weighted by Gasteiger charge is 2.08. The predicted octanol–water partition coefficient (Wildman–Crippen LogP) is 4.40. The number of hydrogen-bond acceptors (Lipinski definition) is 4. The van der Waals surface area contributed by atoms with Crippen LogP contribution in [-0.4, -0.2) is 23.7 Å². The highest BCUT2D eigenvalue weighted by Crippen LogP contribution is 2.31. The summed E-state index contributed by atoms with van der Waals surface area (Å²) in [5, 5.41) is 8.84. The summed E-state index contributed by atoms with van der Waals surface area (Å²) in [7, 11) is 0. The first-order valence-corrected chi connectivity index (χ1v) is 8.55. The lowest BCUT2D eigenvalue weighted by atomic mass is 10.1. The Hall–Kier alpha value is -1.79. The molecule has 0 aliphatic rings. The Labute approximate surface area is 147 Å². The van der Waals surface area contributed by atoms with Crippen molar-refractivity contribution in [1.29, 1.82) is 0 Å². The van der Waals surface area contributed by atoms with Crippen molar-refractivity contribution in [3.63, 3.8) is 0 Å². The second kappa shape index (κ2) is 8.17. The quantitative estimate of drug-likeness (QED) is 0.735. The lowest BCUT2D eigenvalue weighted by molar-refractivity contribution is -0.136. The van der Waals surface area contributed by atoms with Gasteiger partial charge >= 0.3 is 11.9 Å². The molecule has 0 radical (unpaired) electrons. The summed E-state index contributed by atoms with van der Waals surface area (Å²) in [6, 6.07) is 12.7. The van der Waals surface area contributed by atoms with Crippen LogP contribution < -0.4 is 0 Å². The minimum atomic E-state index is -0.861. The van der Waals surface area contributed by atoms with Crippen molar-refractivity contribution in [2.45, 2.75) is 23.1 Å². The van der Waals surface area contributed by atoms with Crippen molar-refractivity contribution in [2.24, 2.45) is 0 Å². The van der Waals surface area contributed by atoms with E-state index in [2.05, 4.69) is 15.9 Å². The van der Waals surface area contributed by atoms with E-state index in [1.807, 2.05) is 24.3 Å². The molecule has 0 fully saturated rings. The molecule has 0 atom stereocenters. The molecule has 2 rings (SSSR count). The van der Waals surface area contributed by atoms with E-state index in [4.69, 9.17) is 9.84 Å². The highest BCUT2D eigenvalue weighted by molar-refractivity contribution is 9.10. The Morgan fingerprint density at radius 2 is 1.78 bits per heavy atom. The van der Waals surface area contributed by atoms with Gasteiger partial charge < -0.3 is 9.84 Å². The molecule has 6 heteroatoms. The normalized spacial score (nSPS) is 10.3. The Morgan fingerprint density at radius 1 is 1.13 bits per heavy atom. The van der Waals surface area contributed by atoms with E-state index < -0.39 is 5.97 Å². The molecule has 2 aromatic rings. The SMILES string of the molecule is CCOC(=O)c1ccc(Sc2ccc(CC(=O)O)c(Br)c2)cc1. The van der Waals surface area contributed by atoms with E-state index in [9.17, 15) is 9.59 Å². The average Bonchev–Trinajstić information content (AvgIpc) is 2.50. The largest absolute Gasteiger partial charge is 0.481 e. The topological polar surface area (TPSA) is 63.6 Å². The van der Waals surface area contributed by atoms with Crippen LogP contribution in [0.5, 0.6) is 0 Å². The van der Waals surface area contributed by atoms with Crippen LogP contribution in [0.3, 0.4) is 0 Å². The van der Waals surface area contributed by atoms with Crippen LogP contribution in [0.15, 0.2) is 56.7 Å². The van der Waals surface area contributed by atoms with Gasteiger partial charge in [0.05, 0.1) is 18.6 Å². The fourth-order valence-electron chi connectivity index (χ4n) is 1.91. The zero-order valence-corrected chi connectivity index (χ0v) is 14.8. The number of carbonyl (C=O) groups is 2. The summed E-state index contributed by atoms with van der Waals surface area (Å²) in [5.74, 6) is -1.19. The van der Waals surface area contributed by atoms with Crippen LogP contribution >= 0.6 is 27.7 Å². The summed E-state index contributed by atoms with van der Waals surface area (Å²) in [6.45, 7) is 2.13. The minimum Gasteiger partial charge on any atom is -0.481 e. The Balaban J connectivity index is 2.08. The molecule has 0 saturated carbocycles. The second-order valence-electron chi connectivity index (χ2n) is 4.67. The van der Waals surface area contributed by atoms with Crippen molar-refractivity contribution in [2.75, 3.05) is 6.61 Å². The van der Waals surface area contributed by atoms with Gasteiger partial charge in [-0.05, 0) is 48.9 Å². The van der Waals surface area contributed by atoms with Gasteiger partial charge in [-0.1, -0.05) is 33.8 Å². The van der Waals surface area contributed by atoms with Crippen LogP contribution in [-0.2, 0) is 16.0 Å². The monoisotopic (exact) mass is 394 g/mol. The number of esters is 1. The van der Waals surface area contributed by atoms with Gasteiger partial charge in [0.1, 0.15) is 0 Å². The van der Waals surface area contributed by atoms with Gasteiger partial charge in [0.15, 0.2) is 0 Å². The van der Waals surface area contributed by atoms with Gasteiger partial charge in [0, 0.05) is 14.3 Å². The lowest BCUT2D eigenvalue weighted by Crippen LogP contribution is -2.03. The molecule has 0 aliphatic carbocycles. The maximum absolute atomic E-state index is 11.6. The van der Waals surface area contributed by atoms with E-state index in [-0.39, 0.29) is 12.4 Å². The van der Waals surface area contributed by atoms with E-state index in [0.29, 0.717) is 12.2 Å². The zero-order chi connectivity index (χ0) is 16.8. The second-order valence-corrected chi connectivity index (χ2v) is 6.67. The number of carbonyl (C=O) groups excluding carboxylic acids is 1. The fraction of sp³-hybridized carbons (Fsp3) is 0.176. The molecule has 0 aliphatic heterocycles. The number of ether oxygens (including phenoxy) is 1. The number of hydrogen-bond donors (Lipinski definition) is 1. The molecule has 0 unspecified atom stereocenters. The van der Waals surface area contributed by atoms with Crippen molar-refractivity contribution in [3.05, 3.63) is 58.1 Å². The standard InChI is InChI=1S/C17H15BrO4S/c1-2-22-17(21)11-3-6-13(7-4-11)23-14-8-5-12(9-16(19)20)15(18)10-14/h3-8,10H,2,9H2,1H3,(H,19,20). The lowest BCUT2D eigenvalue weighted by Gasteiger charge is -2.07. The number of benzene rings is 2. The van der Waals surface area contributed by atoms with Crippen LogP contribution in [0.4, 0.5) is 0 Å². The van der Waals surface area contributed by atoms with Crippen LogP contribution in [0.1, 0.15) is 22.8 Å². The Bertz CT molecular complexity index is 713. The number of aliphatic carboxylic acids is 1. The first-order valence-electron chi connectivity index (χ1n) is 6.95. The van der Waals surface area contributed by atoms with Gasteiger partial charge in [-0.3, -0.25) is 4.79 Å². The van der Waals surface area contributed by atoms with E-state index in [1.165, 1.54) is 11.8 Å². The molecule has 23 heavy (non-hydrogen) atoms. The molecule has 4 nitrogen and oxygen atoms in total. The molecule has 2 aromatic carbocycles. The van der Waals surface area contributed by atoms with Gasteiger partial charge in [-0.2, -0.15) is 0 Å². The van der Waals surface area contributed by atoms with E-state index >= 15 is 0 Å². The highest BCUT2D eigenvalue weighted by atomic mass is 79.9. The fourth-order valence-corrected chi connectivity index (χ4v) is 3.44. The number of rotatable bonds is 6. The summed E-state index contributed by atoms with van der Waals surface area (Å²) in [6.07, 6.45) is -0.0141. The van der Waals surface area contributed by atoms with E-state index in [0.717, 1.165) is 19.8 Å². The van der Waals surface area contributed by atoms with Crippen molar-refractivity contribution < 1.29 is 19.4 Å². The van der Waals surface area contributed by atoms with Crippen molar-refractivity contribution in [3.8, 4) is 0 Å². The Kier molecular flexibility index (Phi) is 6.24. The smallest absolute Gasteiger partial charge is 0.338 e. The third kappa shape index (κ3) is 5.11. The van der Waals surface area contributed by atoms with E-state index in [1.54, 1.807) is 25.1 Å². The molecule has 120 valence electrons. The number of carboxylic acid groups (broad SMARTS) is 1. The molecular formula is C17H15BrO4S. The molecule has 0 amide bonds. The third-order valence-corrected chi connectivity index (χ3v) is 4.70. The third-order valence-electron chi connectivity index (χ3n) is 2.97. The molecule has 0 saturated heterocycles. The molecule has 0 bridgehead atoms. The van der Waals surface area contributed by atoms with Gasteiger partial charge in [-0.25, -0.2) is 4.79 Å². The first-order chi connectivity index (χ1) is 11.0. The molecular weight excluding hydrogens is 380 g/mol.